The first-order chi connectivity index (χ1) is 5.25. The van der Waals surface area contributed by atoms with Crippen molar-refractivity contribution >= 4 is 0 Å². The van der Waals surface area contributed by atoms with Crippen LogP contribution in [0, 0.1) is 0 Å². The van der Waals surface area contributed by atoms with Gasteiger partial charge in [-0.2, -0.15) is 0 Å². The van der Waals surface area contributed by atoms with Gasteiger partial charge in [-0.3, -0.25) is 0 Å². The molecule has 1 heteroatoms. The summed E-state index contributed by atoms with van der Waals surface area (Å²) in [6.45, 7) is 4.41. The van der Waals surface area contributed by atoms with Crippen molar-refractivity contribution in [3.63, 3.8) is 0 Å². The molecule has 0 spiro atoms. The lowest BCUT2D eigenvalue weighted by Crippen LogP contribution is -2.24. The van der Waals surface area contributed by atoms with Crippen molar-refractivity contribution in [2.24, 2.45) is 0 Å². The van der Waals surface area contributed by atoms with Crippen LogP contribution in [0.3, 0.4) is 0 Å². The molecule has 0 radical (unpaired) electrons. The van der Waals surface area contributed by atoms with Crippen LogP contribution in [0.25, 0.3) is 0 Å². The standard InChI is InChI=1S/C10H17N/c1-8-6-4-5-7-10(8)9(2)11-3/h4,6,9,11H,5,7H2,1-3H3. The third kappa shape index (κ3) is 1.93. The van der Waals surface area contributed by atoms with E-state index in [9.17, 15) is 0 Å². The third-order valence-corrected chi connectivity index (χ3v) is 2.41. The molecule has 1 unspecified atom stereocenters. The first-order valence-electron chi connectivity index (χ1n) is 4.29. The van der Waals surface area contributed by atoms with Gasteiger partial charge < -0.3 is 5.32 Å². The van der Waals surface area contributed by atoms with Crippen molar-refractivity contribution < 1.29 is 0 Å². The van der Waals surface area contributed by atoms with Crippen molar-refractivity contribution in [3.8, 4) is 0 Å². The number of allylic oxidation sites excluding steroid dienone is 3. The first-order valence-corrected chi connectivity index (χ1v) is 4.29. The van der Waals surface area contributed by atoms with Crippen LogP contribution in [-0.4, -0.2) is 13.1 Å². The molecule has 1 nitrogen and oxygen atoms in total. The van der Waals surface area contributed by atoms with E-state index in [1.165, 1.54) is 18.4 Å². The molecule has 0 heterocycles. The topological polar surface area (TPSA) is 12.0 Å². The Hall–Kier alpha value is -0.560. The summed E-state index contributed by atoms with van der Waals surface area (Å²) in [5.74, 6) is 0. The van der Waals surface area contributed by atoms with Gasteiger partial charge >= 0.3 is 0 Å². The van der Waals surface area contributed by atoms with Crippen LogP contribution in [0.2, 0.25) is 0 Å². The van der Waals surface area contributed by atoms with Gasteiger partial charge in [0, 0.05) is 6.04 Å². The van der Waals surface area contributed by atoms with Gasteiger partial charge in [0.1, 0.15) is 0 Å². The predicted molar refractivity (Wildman–Crippen MR) is 49.6 cm³/mol. The van der Waals surface area contributed by atoms with E-state index in [2.05, 4.69) is 31.3 Å². The Morgan fingerprint density at radius 1 is 1.55 bits per heavy atom. The molecule has 1 atom stereocenters. The number of hydrogen-bond acceptors (Lipinski definition) is 1. The Kier molecular flexibility index (Phi) is 2.89. The monoisotopic (exact) mass is 151 g/mol. The highest BCUT2D eigenvalue weighted by Crippen LogP contribution is 2.20. The normalized spacial score (nSPS) is 20.6. The lowest BCUT2D eigenvalue weighted by molar-refractivity contribution is 0.652. The van der Waals surface area contributed by atoms with Gasteiger partial charge in [-0.1, -0.05) is 23.3 Å². The van der Waals surface area contributed by atoms with Gasteiger partial charge in [0.05, 0.1) is 0 Å². The van der Waals surface area contributed by atoms with Crippen LogP contribution in [0.1, 0.15) is 26.7 Å². The fraction of sp³-hybridized carbons (Fsp3) is 0.600. The number of likely N-dealkylation sites (N-methyl/N-ethyl adjacent to an activating group) is 1. The first kappa shape index (κ1) is 8.54. The molecule has 62 valence electrons. The largest absolute Gasteiger partial charge is 0.314 e. The van der Waals surface area contributed by atoms with Crippen LogP contribution in [0.5, 0.6) is 0 Å². The number of rotatable bonds is 2. The zero-order valence-corrected chi connectivity index (χ0v) is 7.65. The highest BCUT2D eigenvalue weighted by atomic mass is 14.9. The van der Waals surface area contributed by atoms with E-state index >= 15 is 0 Å². The molecule has 1 aliphatic carbocycles. The van der Waals surface area contributed by atoms with Crippen molar-refractivity contribution in [2.75, 3.05) is 7.05 Å². The van der Waals surface area contributed by atoms with Crippen LogP contribution >= 0.6 is 0 Å². The van der Waals surface area contributed by atoms with E-state index in [1.54, 1.807) is 5.57 Å². The molecule has 1 N–H and O–H groups in total. The zero-order chi connectivity index (χ0) is 8.27. The van der Waals surface area contributed by atoms with Crippen molar-refractivity contribution in [2.45, 2.75) is 32.7 Å². The highest BCUT2D eigenvalue weighted by molar-refractivity contribution is 5.30. The second kappa shape index (κ2) is 3.72. The van der Waals surface area contributed by atoms with Crippen LogP contribution < -0.4 is 5.32 Å². The summed E-state index contributed by atoms with van der Waals surface area (Å²) in [4.78, 5) is 0. The van der Waals surface area contributed by atoms with Crippen molar-refractivity contribution in [3.05, 3.63) is 23.3 Å². The van der Waals surface area contributed by atoms with E-state index in [1.807, 2.05) is 7.05 Å². The number of hydrogen-bond donors (Lipinski definition) is 1. The van der Waals surface area contributed by atoms with Crippen molar-refractivity contribution in [1.82, 2.24) is 5.32 Å². The molecule has 11 heavy (non-hydrogen) atoms. The van der Waals surface area contributed by atoms with E-state index < -0.39 is 0 Å². The molecule has 1 aliphatic rings. The van der Waals surface area contributed by atoms with Crippen LogP contribution in [0.15, 0.2) is 23.3 Å². The summed E-state index contributed by atoms with van der Waals surface area (Å²) in [5.41, 5.74) is 3.01. The second-order valence-corrected chi connectivity index (χ2v) is 3.16. The molecule has 0 aromatic carbocycles. The minimum absolute atomic E-state index is 0.542. The molecular weight excluding hydrogens is 134 g/mol. The quantitative estimate of drug-likeness (QED) is 0.638. The van der Waals surface area contributed by atoms with Gasteiger partial charge in [0.25, 0.3) is 0 Å². The highest BCUT2D eigenvalue weighted by Gasteiger charge is 2.09. The minimum Gasteiger partial charge on any atom is -0.314 e. The molecule has 0 aromatic rings. The lowest BCUT2D eigenvalue weighted by atomic mass is 9.94. The number of nitrogens with one attached hydrogen (secondary N) is 1. The molecule has 0 bridgehead atoms. The molecule has 0 saturated heterocycles. The molecule has 0 fully saturated rings. The minimum atomic E-state index is 0.542. The van der Waals surface area contributed by atoms with Gasteiger partial charge in [-0.05, 0) is 33.7 Å². The predicted octanol–water partition coefficient (Wildman–Crippen LogP) is 2.26. The van der Waals surface area contributed by atoms with Gasteiger partial charge in [-0.25, -0.2) is 0 Å². The van der Waals surface area contributed by atoms with Crippen molar-refractivity contribution in [1.29, 1.82) is 0 Å². The Labute approximate surface area is 69.2 Å². The maximum absolute atomic E-state index is 3.27. The van der Waals surface area contributed by atoms with E-state index in [0.29, 0.717) is 6.04 Å². The Morgan fingerprint density at radius 2 is 2.27 bits per heavy atom. The van der Waals surface area contributed by atoms with Gasteiger partial charge in [-0.15, -0.1) is 0 Å². The van der Waals surface area contributed by atoms with E-state index in [4.69, 9.17) is 0 Å². The molecule has 0 amide bonds. The van der Waals surface area contributed by atoms with Gasteiger partial charge in [0.2, 0.25) is 0 Å². The molecule has 0 aromatic heterocycles. The molecule has 0 saturated carbocycles. The maximum Gasteiger partial charge on any atom is 0.0253 e. The summed E-state index contributed by atoms with van der Waals surface area (Å²) in [6, 6.07) is 0.542. The summed E-state index contributed by atoms with van der Waals surface area (Å²) in [7, 11) is 2.02. The summed E-state index contributed by atoms with van der Waals surface area (Å²) in [6.07, 6.45) is 6.91. The second-order valence-electron chi connectivity index (χ2n) is 3.16. The smallest absolute Gasteiger partial charge is 0.0253 e. The van der Waals surface area contributed by atoms with E-state index in [-0.39, 0.29) is 0 Å². The summed E-state index contributed by atoms with van der Waals surface area (Å²) in [5, 5.41) is 3.27. The Bertz CT molecular complexity index is 189. The lowest BCUT2D eigenvalue weighted by Gasteiger charge is -2.19. The Morgan fingerprint density at radius 3 is 2.82 bits per heavy atom. The van der Waals surface area contributed by atoms with Crippen LogP contribution in [0.4, 0.5) is 0 Å². The SMILES string of the molecule is CNC(C)C1=C(C)C=CCC1. The zero-order valence-electron chi connectivity index (χ0n) is 7.65. The molecule has 1 rings (SSSR count). The molecular formula is C10H17N. The maximum atomic E-state index is 3.27. The third-order valence-electron chi connectivity index (χ3n) is 2.41. The Balaban J connectivity index is 2.74. The fourth-order valence-electron chi connectivity index (χ4n) is 1.54. The van der Waals surface area contributed by atoms with Gasteiger partial charge in [0.15, 0.2) is 0 Å². The molecule has 0 aliphatic heterocycles. The van der Waals surface area contributed by atoms with Crippen LogP contribution in [-0.2, 0) is 0 Å². The summed E-state index contributed by atoms with van der Waals surface area (Å²) >= 11 is 0. The average Bonchev–Trinajstić information content (AvgIpc) is 2.04. The fourth-order valence-corrected chi connectivity index (χ4v) is 1.54. The average molecular weight is 151 g/mol. The summed E-state index contributed by atoms with van der Waals surface area (Å²) < 4.78 is 0. The van der Waals surface area contributed by atoms with E-state index in [0.717, 1.165) is 0 Å².